The highest BCUT2D eigenvalue weighted by Crippen LogP contribution is 2.35. The van der Waals surface area contributed by atoms with Crippen molar-refractivity contribution < 1.29 is 27.4 Å². The van der Waals surface area contributed by atoms with Crippen LogP contribution < -0.4 is 14.8 Å². The van der Waals surface area contributed by atoms with E-state index < -0.39 is 12.1 Å². The molecule has 1 heterocycles. The second kappa shape index (κ2) is 5.43. The number of alkyl halides is 3. The molecule has 0 spiro atoms. The molecule has 104 valence electrons. The number of benzene rings is 1. The molecule has 1 aliphatic rings. The summed E-state index contributed by atoms with van der Waals surface area (Å²) in [7, 11) is 0. The minimum Gasteiger partial charge on any atom is -0.454 e. The summed E-state index contributed by atoms with van der Waals surface area (Å²) in [4.78, 5) is 10.6. The molecule has 4 nitrogen and oxygen atoms in total. The lowest BCUT2D eigenvalue weighted by Crippen LogP contribution is -2.37. The van der Waals surface area contributed by atoms with Crippen molar-refractivity contribution in [2.24, 2.45) is 0 Å². The molecule has 2 rings (SSSR count). The maximum atomic E-state index is 12.0. The highest BCUT2D eigenvalue weighted by Gasteiger charge is 2.38. The minimum absolute atomic E-state index is 0.0893. The SMILES string of the molecule is O=C(NCCc1cc2c(cc1I)OCO2)C(F)(F)F. The van der Waals surface area contributed by atoms with E-state index in [4.69, 9.17) is 9.47 Å². The molecular weight excluding hydrogens is 378 g/mol. The van der Waals surface area contributed by atoms with Gasteiger partial charge in [0.1, 0.15) is 0 Å². The highest BCUT2D eigenvalue weighted by molar-refractivity contribution is 14.1. The maximum Gasteiger partial charge on any atom is 0.471 e. The summed E-state index contributed by atoms with van der Waals surface area (Å²) in [5, 5.41) is 1.83. The Hall–Kier alpha value is -1.19. The molecule has 0 atom stereocenters. The van der Waals surface area contributed by atoms with Crippen LogP contribution in [0.15, 0.2) is 12.1 Å². The van der Waals surface area contributed by atoms with Gasteiger partial charge in [-0.25, -0.2) is 0 Å². The van der Waals surface area contributed by atoms with Gasteiger partial charge >= 0.3 is 12.1 Å². The monoisotopic (exact) mass is 387 g/mol. The van der Waals surface area contributed by atoms with E-state index in [1.165, 1.54) is 0 Å². The number of fused-ring (bicyclic) bond motifs is 1. The number of ether oxygens (including phenoxy) is 2. The molecule has 0 aliphatic carbocycles. The molecule has 1 aliphatic heterocycles. The summed E-state index contributed by atoms with van der Waals surface area (Å²) >= 11 is 2.06. The van der Waals surface area contributed by atoms with Gasteiger partial charge in [-0.1, -0.05) is 0 Å². The lowest BCUT2D eigenvalue weighted by atomic mass is 10.1. The summed E-state index contributed by atoms with van der Waals surface area (Å²) in [6, 6.07) is 3.47. The zero-order valence-corrected chi connectivity index (χ0v) is 11.7. The summed E-state index contributed by atoms with van der Waals surface area (Å²) in [6.45, 7) is 0.0493. The first-order valence-corrected chi connectivity index (χ1v) is 6.39. The predicted molar refractivity (Wildman–Crippen MR) is 68.1 cm³/mol. The Labute approximate surface area is 120 Å². The van der Waals surface area contributed by atoms with Crippen molar-refractivity contribution in [2.75, 3.05) is 13.3 Å². The number of rotatable bonds is 3. The van der Waals surface area contributed by atoms with Crippen LogP contribution in [0, 0.1) is 3.57 Å². The Morgan fingerprint density at radius 1 is 1.32 bits per heavy atom. The normalized spacial score (nSPS) is 13.5. The lowest BCUT2D eigenvalue weighted by Gasteiger charge is -2.09. The number of amides is 1. The fourth-order valence-electron chi connectivity index (χ4n) is 1.56. The fraction of sp³-hybridized carbons (Fsp3) is 0.364. The van der Waals surface area contributed by atoms with Gasteiger partial charge in [0.2, 0.25) is 6.79 Å². The predicted octanol–water partition coefficient (Wildman–Crippen LogP) is 2.24. The average molecular weight is 387 g/mol. The lowest BCUT2D eigenvalue weighted by molar-refractivity contribution is -0.173. The number of hydrogen-bond donors (Lipinski definition) is 1. The van der Waals surface area contributed by atoms with Gasteiger partial charge in [-0.15, -0.1) is 0 Å². The Morgan fingerprint density at radius 3 is 2.58 bits per heavy atom. The molecule has 1 aromatic rings. The van der Waals surface area contributed by atoms with E-state index in [1.807, 2.05) is 5.32 Å². The third-order valence-electron chi connectivity index (χ3n) is 2.48. The maximum absolute atomic E-state index is 12.0. The average Bonchev–Trinajstić information content (AvgIpc) is 2.74. The van der Waals surface area contributed by atoms with Crippen molar-refractivity contribution in [1.29, 1.82) is 0 Å². The molecule has 1 aromatic carbocycles. The van der Waals surface area contributed by atoms with Gasteiger partial charge in [0.05, 0.1) is 0 Å². The fourth-order valence-corrected chi connectivity index (χ4v) is 2.27. The highest BCUT2D eigenvalue weighted by atomic mass is 127. The van der Waals surface area contributed by atoms with Crippen molar-refractivity contribution in [2.45, 2.75) is 12.6 Å². The van der Waals surface area contributed by atoms with E-state index in [0.717, 1.165) is 9.13 Å². The third-order valence-corrected chi connectivity index (χ3v) is 3.48. The van der Waals surface area contributed by atoms with Gasteiger partial charge in [0.25, 0.3) is 0 Å². The number of hydrogen-bond acceptors (Lipinski definition) is 3. The van der Waals surface area contributed by atoms with Crippen LogP contribution in [0.1, 0.15) is 5.56 Å². The van der Waals surface area contributed by atoms with Crippen LogP contribution in [0.2, 0.25) is 0 Å². The van der Waals surface area contributed by atoms with Crippen molar-refractivity contribution in [3.8, 4) is 11.5 Å². The summed E-state index contributed by atoms with van der Waals surface area (Å²) in [6.07, 6.45) is -4.56. The number of halogens is 4. The first-order chi connectivity index (χ1) is 8.88. The van der Waals surface area contributed by atoms with Crippen LogP contribution in [0.3, 0.4) is 0 Å². The second-order valence-corrected chi connectivity index (χ2v) is 4.96. The van der Waals surface area contributed by atoms with E-state index in [9.17, 15) is 18.0 Å². The van der Waals surface area contributed by atoms with Gasteiger partial charge in [-0.05, 0) is 46.7 Å². The van der Waals surface area contributed by atoms with E-state index in [1.54, 1.807) is 12.1 Å². The van der Waals surface area contributed by atoms with Crippen molar-refractivity contribution >= 4 is 28.5 Å². The van der Waals surface area contributed by atoms with Crippen molar-refractivity contribution in [3.63, 3.8) is 0 Å². The Bertz CT molecular complexity index is 505. The second-order valence-electron chi connectivity index (χ2n) is 3.80. The zero-order chi connectivity index (χ0) is 14.0. The molecule has 0 saturated carbocycles. The summed E-state index contributed by atoms with van der Waals surface area (Å²) < 4.78 is 47.2. The van der Waals surface area contributed by atoms with Crippen LogP contribution in [-0.4, -0.2) is 25.4 Å². The summed E-state index contributed by atoms with van der Waals surface area (Å²) in [5.41, 5.74) is 0.798. The quantitative estimate of drug-likeness (QED) is 0.810. The molecule has 0 fully saturated rings. The molecule has 0 bridgehead atoms. The number of carbonyl (C=O) groups excluding carboxylic acids is 1. The van der Waals surface area contributed by atoms with Crippen molar-refractivity contribution in [1.82, 2.24) is 5.32 Å². The molecule has 8 heteroatoms. The number of carbonyl (C=O) groups is 1. The molecule has 1 amide bonds. The molecule has 1 N–H and O–H groups in total. The van der Waals surface area contributed by atoms with Gasteiger partial charge in [-0.2, -0.15) is 13.2 Å². The minimum atomic E-state index is -4.85. The first kappa shape index (κ1) is 14.2. The van der Waals surface area contributed by atoms with Gasteiger partial charge in [0, 0.05) is 10.1 Å². The van der Waals surface area contributed by atoms with E-state index >= 15 is 0 Å². The van der Waals surface area contributed by atoms with E-state index in [0.29, 0.717) is 11.5 Å². The number of nitrogens with one attached hydrogen (secondary N) is 1. The topological polar surface area (TPSA) is 47.6 Å². The van der Waals surface area contributed by atoms with Crippen LogP contribution >= 0.6 is 22.6 Å². The molecule has 0 radical (unpaired) electrons. The standard InChI is InChI=1S/C11H9F3INO3/c12-11(13,14)10(17)16-2-1-6-3-8-9(4-7(6)15)19-5-18-8/h3-4H,1-2,5H2,(H,16,17). The first-order valence-electron chi connectivity index (χ1n) is 5.31. The van der Waals surface area contributed by atoms with Crippen LogP contribution in [-0.2, 0) is 11.2 Å². The van der Waals surface area contributed by atoms with E-state index in [-0.39, 0.29) is 19.8 Å². The Balaban J connectivity index is 1.95. The largest absolute Gasteiger partial charge is 0.471 e. The van der Waals surface area contributed by atoms with Gasteiger partial charge < -0.3 is 14.8 Å². The molecule has 0 saturated heterocycles. The third kappa shape index (κ3) is 3.43. The Morgan fingerprint density at radius 2 is 1.95 bits per heavy atom. The summed E-state index contributed by atoms with van der Waals surface area (Å²) in [5.74, 6) is -0.742. The smallest absolute Gasteiger partial charge is 0.454 e. The molecule has 19 heavy (non-hydrogen) atoms. The molecule has 0 unspecified atom stereocenters. The van der Waals surface area contributed by atoms with Gasteiger partial charge in [0.15, 0.2) is 11.5 Å². The van der Waals surface area contributed by atoms with Crippen molar-refractivity contribution in [3.05, 3.63) is 21.3 Å². The Kier molecular flexibility index (Phi) is 4.07. The molecule has 0 aromatic heterocycles. The zero-order valence-electron chi connectivity index (χ0n) is 9.51. The molecular formula is C11H9F3INO3. The van der Waals surface area contributed by atoms with Crippen LogP contribution in [0.25, 0.3) is 0 Å². The van der Waals surface area contributed by atoms with Gasteiger partial charge in [-0.3, -0.25) is 4.79 Å². The van der Waals surface area contributed by atoms with E-state index in [2.05, 4.69) is 22.6 Å². The van der Waals surface area contributed by atoms with Crippen LogP contribution in [0.5, 0.6) is 11.5 Å². The van der Waals surface area contributed by atoms with Crippen LogP contribution in [0.4, 0.5) is 13.2 Å².